The number of amides is 1. The molecule has 1 aliphatic rings. The number of benzene rings is 1. The number of nitrogens with two attached hydrogens (primary N) is 1. The highest BCUT2D eigenvalue weighted by molar-refractivity contribution is 5.95. The summed E-state index contributed by atoms with van der Waals surface area (Å²) in [4.78, 5) is 14.0. The third kappa shape index (κ3) is 3.15. The van der Waals surface area contributed by atoms with Gasteiger partial charge in [0.2, 0.25) is 0 Å². The van der Waals surface area contributed by atoms with Crippen molar-refractivity contribution in [3.8, 4) is 5.75 Å². The molecule has 0 aromatic heterocycles. The highest BCUT2D eigenvalue weighted by Gasteiger charge is 2.25. The van der Waals surface area contributed by atoms with Gasteiger partial charge in [0.05, 0.1) is 6.61 Å². The van der Waals surface area contributed by atoms with Gasteiger partial charge in [-0.3, -0.25) is 4.79 Å². The molecule has 0 bridgehead atoms. The van der Waals surface area contributed by atoms with Gasteiger partial charge in [0.1, 0.15) is 5.75 Å². The molecule has 98 valence electrons. The van der Waals surface area contributed by atoms with Crippen molar-refractivity contribution in [1.29, 1.82) is 0 Å². The average molecular weight is 248 g/mol. The first-order chi connectivity index (χ1) is 8.60. The van der Waals surface area contributed by atoms with Gasteiger partial charge >= 0.3 is 0 Å². The Balaban J connectivity index is 2.12. The Bertz CT molecular complexity index is 441. The lowest BCUT2D eigenvalue weighted by Crippen LogP contribution is -2.28. The summed E-state index contributed by atoms with van der Waals surface area (Å²) in [5.74, 6) is 1.35. The number of nitrogens with zero attached hydrogens (tertiary/aromatic N) is 1. The molecule has 0 spiro atoms. The zero-order valence-corrected chi connectivity index (χ0v) is 11.0. The Labute approximate surface area is 108 Å². The molecule has 4 heteroatoms. The standard InChI is InChI=1S/C14H20N2O2/c1-3-18-13-7-11(6-12(15)8-13)14(17)16(2)9-10-4-5-10/h6-8,10H,3-5,9,15H2,1-2H3. The Kier molecular flexibility index (Phi) is 3.75. The van der Waals surface area contributed by atoms with Gasteiger partial charge < -0.3 is 15.4 Å². The molecule has 2 N–H and O–H groups in total. The van der Waals surface area contributed by atoms with Gasteiger partial charge in [0.25, 0.3) is 5.91 Å². The number of ether oxygens (including phenoxy) is 1. The highest BCUT2D eigenvalue weighted by Crippen LogP contribution is 2.30. The van der Waals surface area contributed by atoms with Gasteiger partial charge in [-0.05, 0) is 37.8 Å². The van der Waals surface area contributed by atoms with Crippen LogP contribution in [0.1, 0.15) is 30.1 Å². The normalized spacial score (nSPS) is 14.3. The predicted octanol–water partition coefficient (Wildman–Crippen LogP) is 2.15. The van der Waals surface area contributed by atoms with Crippen LogP contribution < -0.4 is 10.5 Å². The number of hydrogen-bond donors (Lipinski definition) is 1. The van der Waals surface area contributed by atoms with Crippen molar-refractivity contribution in [2.75, 3.05) is 25.9 Å². The fraction of sp³-hybridized carbons (Fsp3) is 0.500. The molecule has 1 fully saturated rings. The van der Waals surface area contributed by atoms with E-state index >= 15 is 0 Å². The maximum atomic E-state index is 12.2. The minimum Gasteiger partial charge on any atom is -0.494 e. The molecule has 0 heterocycles. The van der Waals surface area contributed by atoms with E-state index in [2.05, 4.69) is 0 Å². The molecule has 1 aliphatic carbocycles. The molecule has 0 atom stereocenters. The van der Waals surface area contributed by atoms with E-state index in [0.29, 0.717) is 29.5 Å². The summed E-state index contributed by atoms with van der Waals surface area (Å²) in [6.45, 7) is 3.30. The summed E-state index contributed by atoms with van der Waals surface area (Å²) in [7, 11) is 1.84. The maximum absolute atomic E-state index is 12.2. The van der Waals surface area contributed by atoms with Crippen LogP contribution >= 0.6 is 0 Å². The van der Waals surface area contributed by atoms with Crippen LogP contribution in [0.3, 0.4) is 0 Å². The van der Waals surface area contributed by atoms with Crippen LogP contribution in [-0.2, 0) is 0 Å². The molecule has 0 radical (unpaired) electrons. The summed E-state index contributed by atoms with van der Waals surface area (Å²) in [5.41, 5.74) is 6.95. The molecule has 1 aromatic rings. The first kappa shape index (κ1) is 12.7. The third-order valence-electron chi connectivity index (χ3n) is 3.06. The lowest BCUT2D eigenvalue weighted by Gasteiger charge is -2.17. The largest absolute Gasteiger partial charge is 0.494 e. The van der Waals surface area contributed by atoms with E-state index in [0.717, 1.165) is 6.54 Å². The van der Waals surface area contributed by atoms with Crippen LogP contribution in [-0.4, -0.2) is 31.0 Å². The van der Waals surface area contributed by atoms with Crippen LogP contribution in [0.2, 0.25) is 0 Å². The number of anilines is 1. The highest BCUT2D eigenvalue weighted by atomic mass is 16.5. The fourth-order valence-corrected chi connectivity index (χ4v) is 1.99. The molecular formula is C14H20N2O2. The average Bonchev–Trinajstić information content (AvgIpc) is 3.11. The van der Waals surface area contributed by atoms with E-state index in [9.17, 15) is 4.79 Å². The molecule has 0 unspecified atom stereocenters. The first-order valence-electron chi connectivity index (χ1n) is 6.39. The van der Waals surface area contributed by atoms with Crippen LogP contribution in [0.4, 0.5) is 5.69 Å². The number of carbonyl (C=O) groups excluding carboxylic acids is 1. The van der Waals surface area contributed by atoms with E-state index in [1.54, 1.807) is 23.1 Å². The van der Waals surface area contributed by atoms with E-state index in [-0.39, 0.29) is 5.91 Å². The second kappa shape index (κ2) is 5.29. The van der Waals surface area contributed by atoms with Crippen molar-refractivity contribution in [3.63, 3.8) is 0 Å². The SMILES string of the molecule is CCOc1cc(N)cc(C(=O)N(C)CC2CC2)c1. The number of carbonyl (C=O) groups is 1. The molecule has 1 aromatic carbocycles. The third-order valence-corrected chi connectivity index (χ3v) is 3.06. The molecular weight excluding hydrogens is 228 g/mol. The molecule has 4 nitrogen and oxygen atoms in total. The maximum Gasteiger partial charge on any atom is 0.253 e. The Hall–Kier alpha value is -1.71. The van der Waals surface area contributed by atoms with Gasteiger partial charge in [0.15, 0.2) is 0 Å². The van der Waals surface area contributed by atoms with Crippen molar-refractivity contribution in [2.24, 2.45) is 5.92 Å². The topological polar surface area (TPSA) is 55.6 Å². The van der Waals surface area contributed by atoms with Gasteiger partial charge in [-0.2, -0.15) is 0 Å². The smallest absolute Gasteiger partial charge is 0.253 e. The molecule has 18 heavy (non-hydrogen) atoms. The van der Waals surface area contributed by atoms with Crippen molar-refractivity contribution in [1.82, 2.24) is 4.90 Å². The number of hydrogen-bond acceptors (Lipinski definition) is 3. The van der Waals surface area contributed by atoms with E-state index in [1.807, 2.05) is 14.0 Å². The summed E-state index contributed by atoms with van der Waals surface area (Å²) in [6.07, 6.45) is 2.47. The Morgan fingerprint density at radius 2 is 2.17 bits per heavy atom. The second-order valence-corrected chi connectivity index (χ2v) is 4.85. The quantitative estimate of drug-likeness (QED) is 0.812. The second-order valence-electron chi connectivity index (χ2n) is 4.85. The molecule has 1 amide bonds. The molecule has 0 aliphatic heterocycles. The first-order valence-corrected chi connectivity index (χ1v) is 6.39. The Morgan fingerprint density at radius 3 is 2.78 bits per heavy atom. The summed E-state index contributed by atoms with van der Waals surface area (Å²) in [6, 6.07) is 5.20. The molecule has 2 rings (SSSR count). The number of rotatable bonds is 5. The monoisotopic (exact) mass is 248 g/mol. The Morgan fingerprint density at radius 1 is 1.44 bits per heavy atom. The lowest BCUT2D eigenvalue weighted by atomic mass is 10.1. The summed E-state index contributed by atoms with van der Waals surface area (Å²) < 4.78 is 5.40. The van der Waals surface area contributed by atoms with Crippen LogP contribution in [0.15, 0.2) is 18.2 Å². The van der Waals surface area contributed by atoms with Gasteiger partial charge in [-0.25, -0.2) is 0 Å². The summed E-state index contributed by atoms with van der Waals surface area (Å²) >= 11 is 0. The zero-order chi connectivity index (χ0) is 13.1. The summed E-state index contributed by atoms with van der Waals surface area (Å²) in [5, 5.41) is 0. The fourth-order valence-electron chi connectivity index (χ4n) is 1.99. The van der Waals surface area contributed by atoms with Crippen LogP contribution in [0.5, 0.6) is 5.75 Å². The zero-order valence-electron chi connectivity index (χ0n) is 11.0. The van der Waals surface area contributed by atoms with Crippen molar-refractivity contribution < 1.29 is 9.53 Å². The van der Waals surface area contributed by atoms with Crippen molar-refractivity contribution in [3.05, 3.63) is 23.8 Å². The minimum atomic E-state index is 0.00940. The van der Waals surface area contributed by atoms with Crippen LogP contribution in [0, 0.1) is 5.92 Å². The van der Waals surface area contributed by atoms with Gasteiger partial charge in [-0.15, -0.1) is 0 Å². The van der Waals surface area contributed by atoms with E-state index < -0.39 is 0 Å². The van der Waals surface area contributed by atoms with Crippen molar-refractivity contribution in [2.45, 2.75) is 19.8 Å². The van der Waals surface area contributed by atoms with Crippen molar-refractivity contribution >= 4 is 11.6 Å². The minimum absolute atomic E-state index is 0.00940. The van der Waals surface area contributed by atoms with E-state index in [4.69, 9.17) is 10.5 Å². The molecule has 0 saturated heterocycles. The lowest BCUT2D eigenvalue weighted by molar-refractivity contribution is 0.0788. The van der Waals surface area contributed by atoms with Gasteiger partial charge in [0, 0.05) is 30.9 Å². The number of nitrogen functional groups attached to an aromatic ring is 1. The van der Waals surface area contributed by atoms with Crippen LogP contribution in [0.25, 0.3) is 0 Å². The molecule has 1 saturated carbocycles. The van der Waals surface area contributed by atoms with E-state index in [1.165, 1.54) is 12.8 Å². The van der Waals surface area contributed by atoms with Gasteiger partial charge in [-0.1, -0.05) is 0 Å². The predicted molar refractivity (Wildman–Crippen MR) is 71.7 cm³/mol.